The van der Waals surface area contributed by atoms with Crippen molar-refractivity contribution in [1.29, 1.82) is 0 Å². The highest BCUT2D eigenvalue weighted by molar-refractivity contribution is 6.01. The molecular weight excluding hydrogens is 430 g/mol. The maximum Gasteiger partial charge on any atom is 0.119 e. The predicted octanol–water partition coefficient (Wildman–Crippen LogP) is 7.47. The second-order valence-corrected chi connectivity index (χ2v) is 8.36. The monoisotopic (exact) mass is 457 g/mol. The van der Waals surface area contributed by atoms with Crippen molar-refractivity contribution in [2.75, 3.05) is 12.1 Å². The lowest BCUT2D eigenvalue weighted by molar-refractivity contribution is 0.415. The number of hydrogen-bond acceptors (Lipinski definition) is 4. The molecule has 1 unspecified atom stereocenters. The van der Waals surface area contributed by atoms with E-state index in [4.69, 9.17) is 9.84 Å². The molecule has 5 rings (SSSR count). The van der Waals surface area contributed by atoms with E-state index in [0.29, 0.717) is 0 Å². The highest BCUT2D eigenvalue weighted by atomic mass is 16.5. The smallest absolute Gasteiger partial charge is 0.119 e. The molecule has 172 valence electrons. The van der Waals surface area contributed by atoms with E-state index in [-0.39, 0.29) is 6.04 Å². The van der Waals surface area contributed by atoms with E-state index in [0.717, 1.165) is 34.8 Å². The van der Waals surface area contributed by atoms with Crippen LogP contribution in [0.5, 0.6) is 5.75 Å². The van der Waals surface area contributed by atoms with Crippen molar-refractivity contribution in [3.05, 3.63) is 132 Å². The minimum atomic E-state index is 0.158. The van der Waals surface area contributed by atoms with Gasteiger partial charge in [-0.25, -0.2) is 0 Å². The van der Waals surface area contributed by atoms with Gasteiger partial charge in [0.25, 0.3) is 0 Å². The molecule has 1 aliphatic heterocycles. The van der Waals surface area contributed by atoms with Crippen LogP contribution < -0.4 is 9.75 Å². The number of benzene rings is 4. The lowest BCUT2D eigenvalue weighted by Crippen LogP contribution is -2.18. The summed E-state index contributed by atoms with van der Waals surface area (Å²) in [6, 6.07) is 37.2. The maximum absolute atomic E-state index is 5.21. The van der Waals surface area contributed by atoms with Crippen LogP contribution in [0.3, 0.4) is 0 Å². The summed E-state index contributed by atoms with van der Waals surface area (Å²) in [7, 11) is 1.66. The van der Waals surface area contributed by atoms with Gasteiger partial charge in [-0.15, -0.1) is 0 Å². The van der Waals surface area contributed by atoms with Crippen molar-refractivity contribution >= 4 is 29.4 Å². The van der Waals surface area contributed by atoms with Crippen molar-refractivity contribution in [3.63, 3.8) is 0 Å². The van der Waals surface area contributed by atoms with Gasteiger partial charge in [0.2, 0.25) is 0 Å². The summed E-state index contributed by atoms with van der Waals surface area (Å²) < 4.78 is 5.21. The van der Waals surface area contributed by atoms with E-state index in [1.165, 1.54) is 11.1 Å². The average molecular weight is 458 g/mol. The topological polar surface area (TPSA) is 37.2 Å². The minimum Gasteiger partial charge on any atom is -0.497 e. The Hall–Kier alpha value is -4.44. The molecular formula is C31H27N3O. The van der Waals surface area contributed by atoms with Crippen LogP contribution in [0.15, 0.2) is 125 Å². The number of aliphatic imine (C=N–C) groups is 1. The van der Waals surface area contributed by atoms with Crippen LogP contribution in [-0.2, 0) is 0 Å². The molecule has 1 atom stereocenters. The lowest BCUT2D eigenvalue weighted by Gasteiger charge is -2.24. The number of anilines is 1. The van der Waals surface area contributed by atoms with Crippen LogP contribution in [0.1, 0.15) is 29.2 Å². The molecule has 1 heterocycles. The zero-order valence-corrected chi connectivity index (χ0v) is 19.7. The second kappa shape index (κ2) is 10.7. The molecule has 1 aliphatic rings. The maximum atomic E-state index is 5.21. The van der Waals surface area contributed by atoms with Crippen LogP contribution in [-0.4, -0.2) is 19.0 Å². The first-order valence-corrected chi connectivity index (χ1v) is 11.7. The Bertz CT molecular complexity index is 1330. The fraction of sp³-hybridized carbons (Fsp3) is 0.0968. The van der Waals surface area contributed by atoms with E-state index in [9.17, 15) is 0 Å². The Morgan fingerprint density at radius 2 is 1.46 bits per heavy atom. The third-order valence-corrected chi connectivity index (χ3v) is 5.98. The number of allylic oxidation sites excluding steroid dienone is 1. The minimum absolute atomic E-state index is 0.158. The number of ether oxygens (including phenoxy) is 1. The Kier molecular flexibility index (Phi) is 6.81. The Labute approximate surface area is 206 Å². The first-order chi connectivity index (χ1) is 17.3. The fourth-order valence-corrected chi connectivity index (χ4v) is 4.09. The molecule has 35 heavy (non-hydrogen) atoms. The highest BCUT2D eigenvalue weighted by Gasteiger charge is 2.28. The summed E-state index contributed by atoms with van der Waals surface area (Å²) in [5.41, 5.74) is 6.47. The van der Waals surface area contributed by atoms with Crippen LogP contribution >= 0.6 is 0 Å². The molecule has 0 spiro atoms. The van der Waals surface area contributed by atoms with Crippen LogP contribution in [0, 0.1) is 0 Å². The Morgan fingerprint density at radius 3 is 2.14 bits per heavy atom. The third kappa shape index (κ3) is 5.56. The molecule has 0 bridgehead atoms. The summed E-state index contributed by atoms with van der Waals surface area (Å²) in [6.45, 7) is 0. The molecule has 0 amide bonds. The van der Waals surface area contributed by atoms with E-state index in [1.54, 1.807) is 7.11 Å². The van der Waals surface area contributed by atoms with Gasteiger partial charge in [0.1, 0.15) is 5.75 Å². The van der Waals surface area contributed by atoms with Crippen molar-refractivity contribution < 1.29 is 4.74 Å². The fourth-order valence-electron chi connectivity index (χ4n) is 4.09. The van der Waals surface area contributed by atoms with Gasteiger partial charge < -0.3 is 4.74 Å². The summed E-state index contributed by atoms with van der Waals surface area (Å²) in [5, 5.41) is 7.12. The first kappa shape index (κ1) is 22.4. The number of rotatable bonds is 7. The number of hydrazone groups is 1. The Morgan fingerprint density at radius 1 is 0.771 bits per heavy atom. The van der Waals surface area contributed by atoms with E-state index < -0.39 is 0 Å². The molecule has 4 aromatic rings. The number of hydrogen-bond donors (Lipinski definition) is 0. The van der Waals surface area contributed by atoms with Gasteiger partial charge >= 0.3 is 0 Å². The van der Waals surface area contributed by atoms with Gasteiger partial charge in [-0.1, -0.05) is 78.9 Å². The van der Waals surface area contributed by atoms with Gasteiger partial charge in [0.15, 0.2) is 0 Å². The third-order valence-electron chi connectivity index (χ3n) is 5.98. The summed E-state index contributed by atoms with van der Waals surface area (Å²) in [4.78, 5) is 4.58. The standard InChI is InChI=1S/C31H27N3O/c1-35-30-20-16-27(17-21-30)32-23-25-13-18-29(19-14-25)34-31(26-10-6-3-7-11-26)22-28(33-34)15-12-24-8-4-2-5-9-24/h2-21,23,31H,22H2,1H3/b15-12-,32-23?. The zero-order valence-electron chi connectivity index (χ0n) is 19.7. The van der Waals surface area contributed by atoms with Crippen LogP contribution in [0.25, 0.3) is 6.08 Å². The van der Waals surface area contributed by atoms with E-state index in [1.807, 2.05) is 36.5 Å². The molecule has 0 radical (unpaired) electrons. The average Bonchev–Trinajstić information content (AvgIpc) is 3.37. The van der Waals surface area contributed by atoms with Gasteiger partial charge in [0.05, 0.1) is 30.2 Å². The summed E-state index contributed by atoms with van der Waals surface area (Å²) >= 11 is 0. The molecule has 0 fully saturated rings. The van der Waals surface area contributed by atoms with Gasteiger partial charge in [-0.3, -0.25) is 10.0 Å². The van der Waals surface area contributed by atoms with Gasteiger partial charge in [-0.05, 0) is 59.2 Å². The molecule has 0 aliphatic carbocycles. The van der Waals surface area contributed by atoms with Crippen molar-refractivity contribution in [3.8, 4) is 5.75 Å². The van der Waals surface area contributed by atoms with Crippen LogP contribution in [0.2, 0.25) is 0 Å². The molecule has 0 aromatic heterocycles. The largest absolute Gasteiger partial charge is 0.497 e. The predicted molar refractivity (Wildman–Crippen MR) is 146 cm³/mol. The normalized spacial score (nSPS) is 15.6. The highest BCUT2D eigenvalue weighted by Crippen LogP contribution is 2.35. The molecule has 0 saturated heterocycles. The molecule has 0 saturated carbocycles. The SMILES string of the molecule is COc1ccc(N=Cc2ccc(N3N=C(/C=C\c4ccccc4)CC3c3ccccc3)cc2)cc1. The second-order valence-electron chi connectivity index (χ2n) is 8.36. The number of methoxy groups -OCH3 is 1. The summed E-state index contributed by atoms with van der Waals surface area (Å²) in [5.74, 6) is 0.824. The lowest BCUT2D eigenvalue weighted by atomic mass is 10.0. The quantitative estimate of drug-likeness (QED) is 0.270. The van der Waals surface area contributed by atoms with Gasteiger partial charge in [0, 0.05) is 12.6 Å². The molecule has 4 aromatic carbocycles. The van der Waals surface area contributed by atoms with Crippen molar-refractivity contribution in [2.24, 2.45) is 10.1 Å². The number of nitrogens with zero attached hydrogens (tertiary/aromatic N) is 3. The van der Waals surface area contributed by atoms with Crippen molar-refractivity contribution in [1.82, 2.24) is 0 Å². The van der Waals surface area contributed by atoms with E-state index >= 15 is 0 Å². The van der Waals surface area contributed by atoms with E-state index in [2.05, 4.69) is 101 Å². The molecule has 0 N–H and O–H groups in total. The summed E-state index contributed by atoms with van der Waals surface area (Å²) in [6.07, 6.45) is 6.99. The zero-order chi connectivity index (χ0) is 23.9. The Balaban J connectivity index is 1.37. The molecule has 4 heteroatoms. The van der Waals surface area contributed by atoms with Gasteiger partial charge in [-0.2, -0.15) is 5.10 Å². The molecule has 4 nitrogen and oxygen atoms in total. The first-order valence-electron chi connectivity index (χ1n) is 11.7. The van der Waals surface area contributed by atoms with Crippen molar-refractivity contribution in [2.45, 2.75) is 12.5 Å². The van der Waals surface area contributed by atoms with Crippen LogP contribution in [0.4, 0.5) is 11.4 Å².